The molecule has 9 aliphatic rings. The third-order valence-electron chi connectivity index (χ3n) is 33.4. The number of piperidine rings is 4. The van der Waals surface area contributed by atoms with Gasteiger partial charge in [-0.3, -0.25) is 35.0 Å². The molecule has 12 N–H and O–H groups in total. The highest BCUT2D eigenvalue weighted by Gasteiger charge is 2.70. The van der Waals surface area contributed by atoms with Gasteiger partial charge in [0.05, 0.1) is 41.5 Å². The monoisotopic (exact) mass is 1950 g/mol. The van der Waals surface area contributed by atoms with Crippen LogP contribution in [0, 0.1) is 90.3 Å². The molecule has 145 heavy (non-hydrogen) atoms. The summed E-state index contributed by atoms with van der Waals surface area (Å²) in [6.07, 6.45) is 18.8. The third kappa shape index (κ3) is 14.8. The van der Waals surface area contributed by atoms with E-state index < -0.39 is 5.82 Å². The molecular formula is C108H106F5N31O. The second-order valence-corrected chi connectivity index (χ2v) is 40.8. The van der Waals surface area contributed by atoms with E-state index >= 15 is 0 Å². The lowest BCUT2D eigenvalue weighted by molar-refractivity contribution is 0.315. The van der Waals surface area contributed by atoms with Crippen LogP contribution in [-0.2, 0) is 35.3 Å². The minimum atomic E-state index is -0.418. The Morgan fingerprint density at radius 2 is 0.779 bits per heavy atom. The number of aryl methyl sites for hydroxylation is 3. The third-order valence-corrected chi connectivity index (χ3v) is 33.4. The number of pyridine rings is 2. The summed E-state index contributed by atoms with van der Waals surface area (Å²) in [6.45, 7) is 12.5. The van der Waals surface area contributed by atoms with Crippen LogP contribution in [0.4, 0.5) is 45.2 Å². The molecule has 37 heteroatoms. The molecule has 7 aromatic carbocycles. The van der Waals surface area contributed by atoms with Gasteiger partial charge in [-0.05, 0) is 224 Å². The van der Waals surface area contributed by atoms with Gasteiger partial charge in [-0.25, -0.2) is 66.5 Å². The van der Waals surface area contributed by atoms with Crippen molar-refractivity contribution >= 4 is 101 Å². The largest absolute Gasteiger partial charge is 0.355 e. The maximum absolute atomic E-state index is 14.8. The van der Waals surface area contributed by atoms with Crippen LogP contribution in [0.1, 0.15) is 89.1 Å². The zero-order valence-corrected chi connectivity index (χ0v) is 80.5. The molecule has 12 aromatic heterocycles. The summed E-state index contributed by atoms with van der Waals surface area (Å²) in [6, 6.07) is 46.0. The average Bonchev–Trinajstić information content (AvgIpc) is 1.53. The van der Waals surface area contributed by atoms with E-state index in [0.717, 1.165) is 185 Å². The summed E-state index contributed by atoms with van der Waals surface area (Å²) >= 11 is 0. The standard InChI is InChI=1S/C30H31FN8.C29H29FN8.C25H23FN8O.C24H23F2N7/c1-38(2)15-18-9-10-20(19-6-5-12-33-26(18)19)27-28-29(37-36-27)35-25(14-34-28)39-13-11-21-23(16-39)30(21,17-32)22-7-3-4-8-24(22)31;1-37-13-18-23(36-37)9-8-17(25(18)16-6-7-16)26-27-28(35-34-26)33-24(12-32-27)38-11-10-19-21(14-38)29(19,15-31)20-4-2-3-5-22(20)30;1-13-14(6-7-19-21(13)33-35-32-19)22-23-24(31-30-22)29-20(10-28-23)34-9-8-15-17(11-34)25(15,12-27)16-4-2-3-5-18(16)26;1-13-20(26)14(6-8-28-13)21-22-23(32-31-21)30-19(10-29-22)33-9-7-15-17(11-33)24(15,12-27)16-4-2-3-5-18(16)25/h3-10,12,14,21,23H,11,13,15-17,32H2,1-2H3,(H,35,36,37);2-5,8-9,12-13,16,19,21H,6-7,10-11,14-15,31H2,1H3,(H,33,34,35);2-7,10,15,17H,8-9,11-12,27H2,1H3,(H,29,30,31);2-6,8,10,15,17H,7,9,11-12,27H2,1H3,(H,30,31,32)/t21-,23+,30-;19-,21+,29-;15-,17+,25-;15-,17+,24-/m1111/s1. The van der Waals surface area contributed by atoms with Crippen molar-refractivity contribution in [2.45, 2.75) is 86.5 Å². The molecule has 0 spiro atoms. The normalized spacial score (nSPS) is 23.8. The molecule has 0 radical (unpaired) electrons. The number of nitrogens with zero attached hydrogens (tertiary/aromatic N) is 23. The molecule has 28 rings (SSSR count). The summed E-state index contributed by atoms with van der Waals surface area (Å²) in [7, 11) is 6.07. The predicted octanol–water partition coefficient (Wildman–Crippen LogP) is 15.1. The average molecular weight is 1950 g/mol. The lowest BCUT2D eigenvalue weighted by atomic mass is 9.91. The molecule has 0 unspecified atom stereocenters. The number of aromatic amines is 4. The number of anilines is 4. The molecule has 734 valence electrons. The smallest absolute Gasteiger partial charge is 0.177 e. The van der Waals surface area contributed by atoms with Crippen LogP contribution in [-0.4, -0.2) is 208 Å². The molecule has 0 bridgehead atoms. The first-order chi connectivity index (χ1) is 70.7. The fourth-order valence-electron chi connectivity index (χ4n) is 26.0. The number of halogens is 5. The summed E-state index contributed by atoms with van der Waals surface area (Å²) < 4.78 is 80.1. The van der Waals surface area contributed by atoms with Gasteiger partial charge in [0.25, 0.3) is 0 Å². The van der Waals surface area contributed by atoms with Crippen molar-refractivity contribution in [1.29, 1.82) is 0 Å². The Morgan fingerprint density at radius 1 is 0.386 bits per heavy atom. The first kappa shape index (κ1) is 91.1. The second-order valence-electron chi connectivity index (χ2n) is 40.8. The number of benzene rings is 7. The Kier molecular flexibility index (Phi) is 22.2. The van der Waals surface area contributed by atoms with Gasteiger partial charge < -0.3 is 47.4 Å². The van der Waals surface area contributed by atoms with Gasteiger partial charge in [0.15, 0.2) is 28.4 Å². The fraction of sp³-hybridized carbons (Fsp3) is 0.343. The Labute approximate surface area is 828 Å². The Bertz CT molecular complexity index is 8280. The van der Waals surface area contributed by atoms with Crippen molar-refractivity contribution in [3.63, 3.8) is 0 Å². The molecule has 5 saturated carbocycles. The molecular weight excluding hydrogens is 1840 g/mol. The number of rotatable bonds is 19. The van der Waals surface area contributed by atoms with Gasteiger partial charge in [0.2, 0.25) is 0 Å². The van der Waals surface area contributed by atoms with E-state index in [-0.39, 0.29) is 50.8 Å². The van der Waals surface area contributed by atoms with E-state index in [1.165, 1.54) is 41.5 Å². The number of hydrogen-bond donors (Lipinski definition) is 8. The Balaban J connectivity index is 0.000000101. The first-order valence-corrected chi connectivity index (χ1v) is 49.7. The van der Waals surface area contributed by atoms with Gasteiger partial charge in [-0.15, -0.1) is 0 Å². The van der Waals surface area contributed by atoms with Crippen molar-refractivity contribution in [2.24, 2.45) is 77.3 Å². The van der Waals surface area contributed by atoms with Crippen LogP contribution in [0.2, 0.25) is 0 Å². The molecule has 16 heterocycles. The van der Waals surface area contributed by atoms with E-state index in [9.17, 15) is 22.0 Å². The first-order valence-electron chi connectivity index (χ1n) is 49.7. The molecule has 0 amide bonds. The zero-order valence-electron chi connectivity index (χ0n) is 80.5. The predicted molar refractivity (Wildman–Crippen MR) is 544 cm³/mol. The van der Waals surface area contributed by atoms with Gasteiger partial charge in [-0.1, -0.05) is 97.1 Å². The lowest BCUT2D eigenvalue weighted by Gasteiger charge is -2.26. The quantitative estimate of drug-likeness (QED) is 0.0349. The molecule has 9 fully saturated rings. The van der Waals surface area contributed by atoms with E-state index in [1.54, 1.807) is 68.0 Å². The number of nitrogens with one attached hydrogen (secondary N) is 4. The summed E-state index contributed by atoms with van der Waals surface area (Å²) in [4.78, 5) is 58.1. The van der Waals surface area contributed by atoms with Crippen LogP contribution in [0.5, 0.6) is 0 Å². The van der Waals surface area contributed by atoms with Crippen molar-refractivity contribution < 1.29 is 26.6 Å². The lowest BCUT2D eigenvalue weighted by Crippen LogP contribution is -2.32. The SMILES string of the molecule is CN(C)Cc1ccc(-c2n[nH]c3nc(N4CC[C@@H]5[C@H](C4)[C@@]5(CN)c4ccccc4F)cnc23)c2cccnc12.Cc1c(-c2n[nH]c3nc(N4CC[C@@H]5[C@H](C4)[C@@]5(CN)c4ccccc4F)cnc23)ccc2nonc12.Cc1nccc(-c2n[nH]c3nc(N4CC[C@@H]5[C@H](C4)[C@@]5(CN)c4ccccc4F)cnc23)c1F.Cn1cc2c(C3CC3)c(-c3n[nH]c4nc(N5CC[C@@H]6[C@H](C5)[C@@]6(CN)c5ccccc5F)cnc34)ccc2n1. The number of aromatic nitrogens is 22. The van der Waals surface area contributed by atoms with Crippen molar-refractivity contribution in [3.05, 3.63) is 269 Å². The number of nitrogens with two attached hydrogens (primary N) is 4. The number of fused-ring (bicyclic) bond motifs is 11. The minimum absolute atomic E-state index is 0.153. The highest BCUT2D eigenvalue weighted by molar-refractivity contribution is 6.02. The van der Waals surface area contributed by atoms with Crippen LogP contribution in [0.15, 0.2) is 200 Å². The minimum Gasteiger partial charge on any atom is -0.355 e. The summed E-state index contributed by atoms with van der Waals surface area (Å²) in [5, 5.41) is 45.0. The van der Waals surface area contributed by atoms with Crippen molar-refractivity contribution in [3.8, 4) is 45.0 Å². The maximum atomic E-state index is 14.8. The van der Waals surface area contributed by atoms with Crippen LogP contribution in [0.3, 0.4) is 0 Å². The molecule has 4 saturated heterocycles. The topological polar surface area (TPSA) is 421 Å². The summed E-state index contributed by atoms with van der Waals surface area (Å²) in [5.41, 5.74) is 45.1. The molecule has 4 aliphatic heterocycles. The number of hydrogen-bond acceptors (Lipinski definition) is 27. The number of H-pyrrole nitrogens is 4. The second kappa shape index (κ2) is 35.4. The maximum Gasteiger partial charge on any atom is 0.177 e. The molecule has 12 atom stereocenters. The van der Waals surface area contributed by atoms with Gasteiger partial charge >= 0.3 is 0 Å². The summed E-state index contributed by atoms with van der Waals surface area (Å²) in [5.74, 6) is 5.27. The van der Waals surface area contributed by atoms with Gasteiger partial charge in [0, 0.05) is 165 Å². The van der Waals surface area contributed by atoms with Gasteiger partial charge in [0.1, 0.15) is 102 Å². The van der Waals surface area contributed by atoms with Gasteiger partial charge in [-0.2, -0.15) is 25.5 Å². The van der Waals surface area contributed by atoms with E-state index in [1.807, 2.05) is 104 Å². The fourth-order valence-corrected chi connectivity index (χ4v) is 26.0. The molecule has 32 nitrogen and oxygen atoms in total. The molecule has 19 aromatic rings. The Morgan fingerprint density at radius 3 is 1.19 bits per heavy atom. The van der Waals surface area contributed by atoms with Crippen molar-refractivity contribution in [1.82, 2.24) is 116 Å². The van der Waals surface area contributed by atoms with E-state index in [2.05, 4.69) is 141 Å². The van der Waals surface area contributed by atoms with E-state index in [4.69, 9.17) is 67.6 Å². The van der Waals surface area contributed by atoms with E-state index in [0.29, 0.717) is 147 Å². The zero-order chi connectivity index (χ0) is 98.8. The highest BCUT2D eigenvalue weighted by atomic mass is 19.1. The van der Waals surface area contributed by atoms with Crippen LogP contribution >= 0.6 is 0 Å². The highest BCUT2D eigenvalue weighted by Crippen LogP contribution is 2.68. The van der Waals surface area contributed by atoms with Crippen molar-refractivity contribution in [2.75, 3.05) is 112 Å². The van der Waals surface area contributed by atoms with Crippen LogP contribution in [0.25, 0.3) is 123 Å². The molecule has 5 aliphatic carbocycles. The van der Waals surface area contributed by atoms with Crippen LogP contribution < -0.4 is 42.5 Å². The Hall–Kier alpha value is -15.2.